The maximum absolute atomic E-state index is 12.2. The van der Waals surface area contributed by atoms with Crippen LogP contribution < -0.4 is 15.4 Å². The number of benzene rings is 1. The number of nitrogens with one attached hydrogen (secondary N) is 2. The van der Waals surface area contributed by atoms with Crippen LogP contribution in [0.4, 0.5) is 0 Å². The van der Waals surface area contributed by atoms with Gasteiger partial charge in [-0.15, -0.1) is 12.4 Å². The lowest BCUT2D eigenvalue weighted by Gasteiger charge is -2.30. The lowest BCUT2D eigenvalue weighted by Crippen LogP contribution is -2.50. The molecule has 1 heterocycles. The molecule has 2 rings (SSSR count). The van der Waals surface area contributed by atoms with Crippen LogP contribution in [-0.4, -0.2) is 31.6 Å². The third-order valence-electron chi connectivity index (χ3n) is 3.55. The van der Waals surface area contributed by atoms with E-state index < -0.39 is 0 Å². The largest absolute Gasteiger partial charge is 0.494 e. The Hall–Kier alpha value is -1.26. The number of carbonyl (C=O) groups excluding carboxylic acids is 1. The number of piperidine rings is 1. The monoisotopic (exact) mass is 298 g/mol. The van der Waals surface area contributed by atoms with Crippen LogP contribution in [0, 0.1) is 5.92 Å². The molecule has 0 saturated carbocycles. The fourth-order valence-electron chi connectivity index (χ4n) is 2.33. The van der Waals surface area contributed by atoms with Gasteiger partial charge < -0.3 is 15.4 Å². The van der Waals surface area contributed by atoms with E-state index >= 15 is 0 Å². The molecule has 1 aliphatic rings. The Morgan fingerprint density at radius 2 is 2.30 bits per heavy atom. The standard InChI is InChI=1S/C15H22N2O2.ClH/c1-3-19-13-6-4-5-12(9-13)15(18)17-14-10-16-8-7-11(14)2;/h4-6,9,11,14,16H,3,7-8,10H2,1-2H3,(H,17,18);1H. The molecule has 1 aliphatic heterocycles. The molecule has 20 heavy (non-hydrogen) atoms. The second-order valence-corrected chi connectivity index (χ2v) is 5.01. The van der Waals surface area contributed by atoms with E-state index in [1.54, 1.807) is 6.07 Å². The van der Waals surface area contributed by atoms with Crippen molar-refractivity contribution in [3.63, 3.8) is 0 Å². The van der Waals surface area contributed by atoms with Crippen molar-refractivity contribution in [2.45, 2.75) is 26.3 Å². The second kappa shape index (κ2) is 8.12. The van der Waals surface area contributed by atoms with Crippen LogP contribution in [0.1, 0.15) is 30.6 Å². The van der Waals surface area contributed by atoms with Gasteiger partial charge in [0.2, 0.25) is 0 Å². The average molecular weight is 299 g/mol. The Morgan fingerprint density at radius 3 is 3.00 bits per heavy atom. The van der Waals surface area contributed by atoms with Gasteiger partial charge in [0.25, 0.3) is 5.91 Å². The normalized spacial score (nSPS) is 21.7. The summed E-state index contributed by atoms with van der Waals surface area (Å²) in [7, 11) is 0. The van der Waals surface area contributed by atoms with Gasteiger partial charge in [-0.05, 0) is 44.0 Å². The smallest absolute Gasteiger partial charge is 0.251 e. The molecule has 0 bridgehead atoms. The maximum Gasteiger partial charge on any atom is 0.251 e. The number of carbonyl (C=O) groups is 1. The first-order valence-corrected chi connectivity index (χ1v) is 6.95. The Bertz CT molecular complexity index is 440. The molecule has 0 aromatic heterocycles. The second-order valence-electron chi connectivity index (χ2n) is 5.01. The molecule has 1 amide bonds. The van der Waals surface area contributed by atoms with Crippen molar-refractivity contribution in [3.05, 3.63) is 29.8 Å². The molecule has 1 aromatic rings. The minimum Gasteiger partial charge on any atom is -0.494 e. The van der Waals surface area contributed by atoms with Crippen LogP contribution in [0.2, 0.25) is 0 Å². The van der Waals surface area contributed by atoms with Gasteiger partial charge in [-0.2, -0.15) is 0 Å². The van der Waals surface area contributed by atoms with Gasteiger partial charge in [0.15, 0.2) is 0 Å². The molecule has 0 radical (unpaired) electrons. The summed E-state index contributed by atoms with van der Waals surface area (Å²) < 4.78 is 5.42. The summed E-state index contributed by atoms with van der Waals surface area (Å²) in [4.78, 5) is 12.2. The lowest BCUT2D eigenvalue weighted by atomic mass is 9.94. The van der Waals surface area contributed by atoms with Crippen molar-refractivity contribution in [2.24, 2.45) is 5.92 Å². The number of amides is 1. The highest BCUT2D eigenvalue weighted by atomic mass is 35.5. The first kappa shape index (κ1) is 16.8. The third kappa shape index (κ3) is 4.39. The fourth-order valence-corrected chi connectivity index (χ4v) is 2.33. The highest BCUT2D eigenvalue weighted by Gasteiger charge is 2.23. The van der Waals surface area contributed by atoms with Crippen molar-refractivity contribution >= 4 is 18.3 Å². The molecule has 2 atom stereocenters. The molecule has 112 valence electrons. The number of ether oxygens (including phenoxy) is 1. The van der Waals surface area contributed by atoms with E-state index in [-0.39, 0.29) is 24.4 Å². The van der Waals surface area contributed by atoms with E-state index in [1.807, 2.05) is 25.1 Å². The molecule has 0 spiro atoms. The quantitative estimate of drug-likeness (QED) is 0.896. The first-order chi connectivity index (χ1) is 9.20. The topological polar surface area (TPSA) is 50.4 Å². The Labute approximate surface area is 126 Å². The van der Waals surface area contributed by atoms with Gasteiger partial charge >= 0.3 is 0 Å². The minimum atomic E-state index is -0.0258. The predicted molar refractivity (Wildman–Crippen MR) is 82.8 cm³/mol. The molecule has 5 heteroatoms. The summed E-state index contributed by atoms with van der Waals surface area (Å²) >= 11 is 0. The average Bonchev–Trinajstić information content (AvgIpc) is 2.42. The van der Waals surface area contributed by atoms with E-state index in [1.165, 1.54) is 0 Å². The number of rotatable bonds is 4. The Balaban J connectivity index is 0.00000200. The first-order valence-electron chi connectivity index (χ1n) is 6.95. The van der Waals surface area contributed by atoms with E-state index in [4.69, 9.17) is 4.74 Å². The molecule has 2 N–H and O–H groups in total. The van der Waals surface area contributed by atoms with Crippen LogP contribution in [-0.2, 0) is 0 Å². The van der Waals surface area contributed by atoms with Crippen molar-refractivity contribution in [2.75, 3.05) is 19.7 Å². The maximum atomic E-state index is 12.2. The summed E-state index contributed by atoms with van der Waals surface area (Å²) in [5.74, 6) is 1.23. The highest BCUT2D eigenvalue weighted by molar-refractivity contribution is 5.94. The Morgan fingerprint density at radius 1 is 1.50 bits per heavy atom. The molecular weight excluding hydrogens is 276 g/mol. The molecule has 1 aromatic carbocycles. The van der Waals surface area contributed by atoms with Crippen molar-refractivity contribution in [1.82, 2.24) is 10.6 Å². The molecule has 1 saturated heterocycles. The van der Waals surface area contributed by atoms with Crippen LogP contribution >= 0.6 is 12.4 Å². The highest BCUT2D eigenvalue weighted by Crippen LogP contribution is 2.15. The van der Waals surface area contributed by atoms with Crippen LogP contribution in [0.15, 0.2) is 24.3 Å². The molecule has 2 unspecified atom stereocenters. The Kier molecular flexibility index (Phi) is 6.82. The van der Waals surface area contributed by atoms with Gasteiger partial charge in [-0.1, -0.05) is 13.0 Å². The van der Waals surface area contributed by atoms with Crippen LogP contribution in [0.3, 0.4) is 0 Å². The van der Waals surface area contributed by atoms with Gasteiger partial charge in [0.1, 0.15) is 5.75 Å². The number of hydrogen-bond acceptors (Lipinski definition) is 3. The number of halogens is 1. The lowest BCUT2D eigenvalue weighted by molar-refractivity contribution is 0.0915. The summed E-state index contributed by atoms with van der Waals surface area (Å²) in [5.41, 5.74) is 0.656. The van der Waals surface area contributed by atoms with Gasteiger partial charge in [-0.25, -0.2) is 0 Å². The third-order valence-corrected chi connectivity index (χ3v) is 3.55. The number of hydrogen-bond donors (Lipinski definition) is 2. The van der Waals surface area contributed by atoms with Crippen molar-refractivity contribution < 1.29 is 9.53 Å². The summed E-state index contributed by atoms with van der Waals surface area (Å²) in [6.45, 7) is 6.60. The van der Waals surface area contributed by atoms with Crippen LogP contribution in [0.25, 0.3) is 0 Å². The molecular formula is C15H23ClN2O2. The SMILES string of the molecule is CCOc1cccc(C(=O)NC2CNCCC2C)c1.Cl. The van der Waals surface area contributed by atoms with Crippen LogP contribution in [0.5, 0.6) is 5.75 Å². The molecule has 4 nitrogen and oxygen atoms in total. The van der Waals surface area contributed by atoms with E-state index in [0.717, 1.165) is 25.3 Å². The van der Waals surface area contributed by atoms with E-state index in [0.29, 0.717) is 18.1 Å². The zero-order valence-electron chi connectivity index (χ0n) is 12.0. The summed E-state index contributed by atoms with van der Waals surface area (Å²) in [6.07, 6.45) is 1.10. The fraction of sp³-hybridized carbons (Fsp3) is 0.533. The molecule has 0 aliphatic carbocycles. The minimum absolute atomic E-state index is 0. The summed E-state index contributed by atoms with van der Waals surface area (Å²) in [6, 6.07) is 7.53. The molecule has 1 fully saturated rings. The van der Waals surface area contributed by atoms with Crippen molar-refractivity contribution in [3.8, 4) is 5.75 Å². The summed E-state index contributed by atoms with van der Waals surface area (Å²) in [5, 5.41) is 6.41. The zero-order chi connectivity index (χ0) is 13.7. The van der Waals surface area contributed by atoms with Crippen molar-refractivity contribution in [1.29, 1.82) is 0 Å². The van der Waals surface area contributed by atoms with E-state index in [9.17, 15) is 4.79 Å². The zero-order valence-corrected chi connectivity index (χ0v) is 12.8. The van der Waals surface area contributed by atoms with Gasteiger partial charge in [-0.3, -0.25) is 4.79 Å². The van der Waals surface area contributed by atoms with E-state index in [2.05, 4.69) is 17.6 Å². The predicted octanol–water partition coefficient (Wildman–Crippen LogP) is 2.23. The van der Waals surface area contributed by atoms with Gasteiger partial charge in [0, 0.05) is 18.2 Å². The van der Waals surface area contributed by atoms with Gasteiger partial charge in [0.05, 0.1) is 6.61 Å².